The fraction of sp³-hybridized carbons (Fsp3) is 0.200. The van der Waals surface area contributed by atoms with Gasteiger partial charge in [-0.15, -0.1) is 0 Å². The van der Waals surface area contributed by atoms with E-state index in [1.165, 1.54) is 22.9 Å². The average molecular weight is 500 g/mol. The van der Waals surface area contributed by atoms with Crippen LogP contribution in [-0.4, -0.2) is 22.7 Å². The van der Waals surface area contributed by atoms with Crippen molar-refractivity contribution in [2.75, 3.05) is 6.61 Å². The first kappa shape index (κ1) is 25.3. The van der Waals surface area contributed by atoms with Gasteiger partial charge in [-0.25, -0.2) is 9.79 Å². The Morgan fingerprint density at radius 2 is 1.67 bits per heavy atom. The predicted octanol–water partition coefficient (Wildman–Crippen LogP) is 7.33. The van der Waals surface area contributed by atoms with Crippen LogP contribution in [-0.2, 0) is 22.6 Å². The van der Waals surface area contributed by atoms with Gasteiger partial charge in [-0.3, -0.25) is 0 Å². The van der Waals surface area contributed by atoms with Crippen LogP contribution < -0.4 is 4.74 Å². The van der Waals surface area contributed by atoms with E-state index in [1.54, 1.807) is 6.92 Å². The lowest BCUT2D eigenvalue weighted by molar-refractivity contribution is -0.138. The Hall–Kier alpha value is -3.77. The number of carbonyl (C=O) groups excluding carboxylic acids is 1. The summed E-state index contributed by atoms with van der Waals surface area (Å²) in [5.41, 5.74) is 5.02. The minimum Gasteiger partial charge on any atom is -0.506 e. The molecule has 0 saturated heterocycles. The standard InChI is InChI=1S/C30H29NO4S/c1-4-21-14-16-24(17-15-21)31-29-27(30(33)34-5-2)28(32)26(36-29)18-23-8-6-7-9-25(23)35-19-22-12-10-20(3)11-13-22/h6-18,32H,4-5,19H2,1-3H3/b26-18+,31-29?. The van der Waals surface area contributed by atoms with E-state index in [0.717, 1.165) is 17.5 Å². The molecule has 0 aromatic heterocycles. The second kappa shape index (κ2) is 11.8. The molecular weight excluding hydrogens is 470 g/mol. The number of nitrogens with zero attached hydrogens (tertiary/aromatic N) is 1. The number of thioether (sulfide) groups is 1. The predicted molar refractivity (Wildman–Crippen MR) is 147 cm³/mol. The van der Waals surface area contributed by atoms with Crippen molar-refractivity contribution < 1.29 is 19.4 Å². The van der Waals surface area contributed by atoms with Gasteiger partial charge in [0.2, 0.25) is 0 Å². The van der Waals surface area contributed by atoms with Gasteiger partial charge in [0.25, 0.3) is 0 Å². The van der Waals surface area contributed by atoms with E-state index in [-0.39, 0.29) is 17.9 Å². The van der Waals surface area contributed by atoms with Gasteiger partial charge in [0.05, 0.1) is 17.2 Å². The number of benzene rings is 3. The van der Waals surface area contributed by atoms with E-state index in [2.05, 4.69) is 24.0 Å². The van der Waals surface area contributed by atoms with Gasteiger partial charge >= 0.3 is 5.97 Å². The zero-order chi connectivity index (χ0) is 25.5. The summed E-state index contributed by atoms with van der Waals surface area (Å²) in [6, 6.07) is 23.6. The molecular formula is C30H29NO4S. The minimum absolute atomic E-state index is 0.0747. The third-order valence-corrected chi connectivity index (χ3v) is 6.69. The number of esters is 1. The summed E-state index contributed by atoms with van der Waals surface area (Å²) >= 11 is 1.24. The molecule has 0 unspecified atom stereocenters. The highest BCUT2D eigenvalue weighted by Crippen LogP contribution is 2.41. The maximum absolute atomic E-state index is 12.7. The number of hydrogen-bond donors (Lipinski definition) is 1. The van der Waals surface area contributed by atoms with Crippen LogP contribution in [0.2, 0.25) is 0 Å². The molecule has 1 N–H and O–H groups in total. The second-order valence-electron chi connectivity index (χ2n) is 8.30. The van der Waals surface area contributed by atoms with E-state index < -0.39 is 5.97 Å². The largest absolute Gasteiger partial charge is 0.506 e. The molecule has 4 rings (SSSR count). The number of para-hydroxylation sites is 1. The van der Waals surface area contributed by atoms with Crippen LogP contribution in [0, 0.1) is 6.92 Å². The highest BCUT2D eigenvalue weighted by molar-refractivity contribution is 8.18. The third kappa shape index (κ3) is 6.07. The molecule has 0 radical (unpaired) electrons. The highest BCUT2D eigenvalue weighted by atomic mass is 32.2. The first-order chi connectivity index (χ1) is 17.5. The Balaban J connectivity index is 1.65. The summed E-state index contributed by atoms with van der Waals surface area (Å²) in [7, 11) is 0. The molecule has 184 valence electrons. The number of aliphatic hydroxyl groups is 1. The SMILES string of the molecule is CCOC(=O)C1=C(O)/C(=C\c2ccccc2OCc2ccc(C)cc2)SC1=Nc1ccc(CC)cc1. The number of hydrogen-bond acceptors (Lipinski definition) is 6. The van der Waals surface area contributed by atoms with Crippen LogP contribution in [0.4, 0.5) is 5.69 Å². The van der Waals surface area contributed by atoms with E-state index in [9.17, 15) is 9.90 Å². The summed E-state index contributed by atoms with van der Waals surface area (Å²) in [4.78, 5) is 17.9. The molecule has 5 nitrogen and oxygen atoms in total. The molecule has 0 amide bonds. The Morgan fingerprint density at radius 1 is 0.972 bits per heavy atom. The van der Waals surface area contributed by atoms with Crippen molar-refractivity contribution >= 4 is 34.5 Å². The molecule has 0 spiro atoms. The van der Waals surface area contributed by atoms with Gasteiger partial charge in [0, 0.05) is 5.56 Å². The summed E-state index contributed by atoms with van der Waals surface area (Å²) in [6.45, 7) is 6.49. The normalized spacial score (nSPS) is 15.5. The lowest BCUT2D eigenvalue weighted by atomic mass is 10.1. The minimum atomic E-state index is -0.598. The van der Waals surface area contributed by atoms with Gasteiger partial charge < -0.3 is 14.6 Å². The fourth-order valence-electron chi connectivity index (χ4n) is 3.63. The van der Waals surface area contributed by atoms with Gasteiger partial charge in [-0.05, 0) is 55.7 Å². The molecule has 0 saturated carbocycles. The van der Waals surface area contributed by atoms with Crippen LogP contribution in [0.25, 0.3) is 6.08 Å². The lowest BCUT2D eigenvalue weighted by Gasteiger charge is -2.10. The van der Waals surface area contributed by atoms with Gasteiger partial charge in [-0.1, -0.05) is 78.8 Å². The Morgan fingerprint density at radius 3 is 2.36 bits per heavy atom. The molecule has 0 atom stereocenters. The van der Waals surface area contributed by atoms with E-state index in [4.69, 9.17) is 9.47 Å². The van der Waals surface area contributed by atoms with Gasteiger partial charge in [0.15, 0.2) is 0 Å². The summed E-state index contributed by atoms with van der Waals surface area (Å²) in [5, 5.41) is 11.4. The molecule has 36 heavy (non-hydrogen) atoms. The van der Waals surface area contributed by atoms with Gasteiger partial charge in [-0.2, -0.15) is 0 Å². The zero-order valence-electron chi connectivity index (χ0n) is 20.7. The van der Waals surface area contributed by atoms with Crippen LogP contribution in [0.1, 0.15) is 36.1 Å². The number of carbonyl (C=O) groups is 1. The Kier molecular flexibility index (Phi) is 8.28. The van der Waals surface area contributed by atoms with Crippen molar-refractivity contribution in [3.05, 3.63) is 111 Å². The Labute approximate surface area is 216 Å². The van der Waals surface area contributed by atoms with Crippen molar-refractivity contribution in [3.8, 4) is 5.75 Å². The monoisotopic (exact) mass is 499 g/mol. The van der Waals surface area contributed by atoms with Crippen LogP contribution in [0.5, 0.6) is 5.75 Å². The molecule has 0 aliphatic carbocycles. The lowest BCUT2D eigenvalue weighted by Crippen LogP contribution is -2.12. The quantitative estimate of drug-likeness (QED) is 0.329. The van der Waals surface area contributed by atoms with Crippen molar-refractivity contribution in [2.45, 2.75) is 33.8 Å². The number of aliphatic hydroxyl groups excluding tert-OH is 1. The number of ether oxygens (including phenoxy) is 2. The molecule has 6 heteroatoms. The maximum Gasteiger partial charge on any atom is 0.344 e. The third-order valence-electron chi connectivity index (χ3n) is 5.67. The summed E-state index contributed by atoms with van der Waals surface area (Å²) < 4.78 is 11.3. The molecule has 1 aliphatic rings. The first-order valence-corrected chi connectivity index (χ1v) is 12.8. The van der Waals surface area contributed by atoms with Crippen molar-refractivity contribution in [1.29, 1.82) is 0 Å². The summed E-state index contributed by atoms with van der Waals surface area (Å²) in [5.74, 6) is -0.0633. The topological polar surface area (TPSA) is 68.1 Å². The smallest absolute Gasteiger partial charge is 0.344 e. The number of rotatable bonds is 8. The van der Waals surface area contributed by atoms with Crippen molar-refractivity contribution in [3.63, 3.8) is 0 Å². The van der Waals surface area contributed by atoms with Crippen LogP contribution in [0.3, 0.4) is 0 Å². The molecule has 3 aromatic carbocycles. The molecule has 3 aromatic rings. The van der Waals surface area contributed by atoms with Crippen molar-refractivity contribution in [1.82, 2.24) is 0 Å². The molecule has 1 heterocycles. The van der Waals surface area contributed by atoms with E-state index in [0.29, 0.717) is 28.0 Å². The van der Waals surface area contributed by atoms with Crippen LogP contribution in [0.15, 0.2) is 94.0 Å². The molecule has 1 aliphatic heterocycles. The van der Waals surface area contributed by atoms with Gasteiger partial charge in [0.1, 0.15) is 28.7 Å². The van der Waals surface area contributed by atoms with Crippen molar-refractivity contribution in [2.24, 2.45) is 4.99 Å². The maximum atomic E-state index is 12.7. The summed E-state index contributed by atoms with van der Waals surface area (Å²) in [6.07, 6.45) is 2.74. The first-order valence-electron chi connectivity index (χ1n) is 11.9. The zero-order valence-corrected chi connectivity index (χ0v) is 21.5. The van der Waals surface area contributed by atoms with Crippen LogP contribution >= 0.6 is 11.8 Å². The number of aryl methyl sites for hydroxylation is 2. The fourth-order valence-corrected chi connectivity index (χ4v) is 4.66. The second-order valence-corrected chi connectivity index (χ2v) is 9.33. The highest BCUT2D eigenvalue weighted by Gasteiger charge is 2.33. The molecule has 0 bridgehead atoms. The van der Waals surface area contributed by atoms with E-state index in [1.807, 2.05) is 73.7 Å². The van der Waals surface area contributed by atoms with E-state index >= 15 is 0 Å². The Bertz CT molecular complexity index is 1320. The average Bonchev–Trinajstić information content (AvgIpc) is 3.19. The number of aliphatic imine (C=N–C) groups is 1. The molecule has 0 fully saturated rings.